The highest BCUT2D eigenvalue weighted by Crippen LogP contribution is 2.29. The van der Waals surface area contributed by atoms with E-state index in [0.29, 0.717) is 17.5 Å². The Labute approximate surface area is 127 Å². The van der Waals surface area contributed by atoms with E-state index in [1.807, 2.05) is 24.1 Å². The van der Waals surface area contributed by atoms with Gasteiger partial charge in [0.2, 0.25) is 0 Å². The largest absolute Gasteiger partial charge is 0.484 e. The predicted molar refractivity (Wildman–Crippen MR) is 85.2 cm³/mol. The lowest BCUT2D eigenvalue weighted by Gasteiger charge is -2.34. The van der Waals surface area contributed by atoms with Crippen molar-refractivity contribution >= 4 is 11.6 Å². The van der Waals surface area contributed by atoms with Crippen molar-refractivity contribution in [2.24, 2.45) is 5.92 Å². The van der Waals surface area contributed by atoms with Crippen molar-refractivity contribution in [3.8, 4) is 5.75 Å². The molecule has 1 amide bonds. The molecule has 0 heterocycles. The van der Waals surface area contributed by atoms with Gasteiger partial charge in [0.15, 0.2) is 6.61 Å². The molecule has 1 aromatic rings. The van der Waals surface area contributed by atoms with Gasteiger partial charge in [0.25, 0.3) is 5.91 Å². The van der Waals surface area contributed by atoms with Crippen LogP contribution in [0.2, 0.25) is 0 Å². The molecule has 4 heteroatoms. The Morgan fingerprint density at radius 3 is 2.67 bits per heavy atom. The van der Waals surface area contributed by atoms with Gasteiger partial charge in [-0.2, -0.15) is 0 Å². The molecule has 1 saturated carbocycles. The average molecular weight is 290 g/mol. The molecule has 0 aliphatic heterocycles. The Kier molecular flexibility index (Phi) is 5.48. The second-order valence-corrected chi connectivity index (χ2v) is 5.95. The van der Waals surface area contributed by atoms with Crippen LogP contribution < -0.4 is 10.5 Å². The van der Waals surface area contributed by atoms with Gasteiger partial charge in [-0.1, -0.05) is 19.4 Å². The van der Waals surface area contributed by atoms with E-state index >= 15 is 0 Å². The highest BCUT2D eigenvalue weighted by molar-refractivity contribution is 5.77. The molecule has 21 heavy (non-hydrogen) atoms. The monoisotopic (exact) mass is 290 g/mol. The number of hydrogen-bond acceptors (Lipinski definition) is 3. The zero-order valence-electron chi connectivity index (χ0n) is 13.0. The third-order valence-corrected chi connectivity index (χ3v) is 4.56. The number of carbonyl (C=O) groups excluding carboxylic acids is 1. The molecule has 2 N–H and O–H groups in total. The fourth-order valence-corrected chi connectivity index (χ4v) is 3.00. The fourth-order valence-electron chi connectivity index (χ4n) is 3.00. The standard InChI is InChI=1S/C17H26N2O2/c1-3-13-7-9-15(10-8-13)19(2)17(20)12-21-16-6-4-5-14(18)11-16/h4-6,11,13,15H,3,7-10,12,18H2,1-2H3. The topological polar surface area (TPSA) is 55.6 Å². The van der Waals surface area contributed by atoms with Crippen molar-refractivity contribution in [2.45, 2.75) is 45.1 Å². The number of hydrogen-bond donors (Lipinski definition) is 1. The second kappa shape index (κ2) is 7.34. The normalized spacial score (nSPS) is 21.8. The lowest BCUT2D eigenvalue weighted by molar-refractivity contribution is -0.134. The van der Waals surface area contributed by atoms with Gasteiger partial charge >= 0.3 is 0 Å². The summed E-state index contributed by atoms with van der Waals surface area (Å²) in [6.45, 7) is 2.33. The van der Waals surface area contributed by atoms with Crippen LogP contribution in [0.4, 0.5) is 5.69 Å². The maximum absolute atomic E-state index is 12.2. The van der Waals surface area contributed by atoms with Crippen molar-refractivity contribution in [2.75, 3.05) is 19.4 Å². The molecular weight excluding hydrogens is 264 g/mol. The molecule has 0 saturated heterocycles. The molecule has 0 radical (unpaired) electrons. The van der Waals surface area contributed by atoms with E-state index in [0.717, 1.165) is 18.8 Å². The predicted octanol–water partition coefficient (Wildman–Crippen LogP) is 3.07. The number of nitrogen functional groups attached to an aromatic ring is 1. The fraction of sp³-hybridized carbons (Fsp3) is 0.588. The molecular formula is C17H26N2O2. The van der Waals surface area contributed by atoms with E-state index in [1.165, 1.54) is 19.3 Å². The minimum absolute atomic E-state index is 0.0392. The molecule has 0 unspecified atom stereocenters. The molecule has 0 spiro atoms. The number of nitrogens with zero attached hydrogens (tertiary/aromatic N) is 1. The molecule has 4 nitrogen and oxygen atoms in total. The van der Waals surface area contributed by atoms with Crippen LogP contribution in [0.5, 0.6) is 5.75 Å². The average Bonchev–Trinajstić information content (AvgIpc) is 2.52. The Bertz CT molecular complexity index is 468. The molecule has 116 valence electrons. The highest BCUT2D eigenvalue weighted by atomic mass is 16.5. The molecule has 1 fully saturated rings. The van der Waals surface area contributed by atoms with Gasteiger partial charge < -0.3 is 15.4 Å². The van der Waals surface area contributed by atoms with E-state index in [1.54, 1.807) is 12.1 Å². The summed E-state index contributed by atoms with van der Waals surface area (Å²) in [5, 5.41) is 0. The smallest absolute Gasteiger partial charge is 0.260 e. The second-order valence-electron chi connectivity index (χ2n) is 5.95. The van der Waals surface area contributed by atoms with Crippen LogP contribution in [-0.4, -0.2) is 30.5 Å². The summed E-state index contributed by atoms with van der Waals surface area (Å²) < 4.78 is 5.53. The third kappa shape index (κ3) is 4.38. The summed E-state index contributed by atoms with van der Waals surface area (Å²) in [4.78, 5) is 14.1. The summed E-state index contributed by atoms with van der Waals surface area (Å²) in [7, 11) is 1.89. The summed E-state index contributed by atoms with van der Waals surface area (Å²) in [5.41, 5.74) is 6.34. The minimum Gasteiger partial charge on any atom is -0.484 e. The third-order valence-electron chi connectivity index (χ3n) is 4.56. The summed E-state index contributed by atoms with van der Waals surface area (Å²) in [6.07, 6.45) is 5.94. The first-order chi connectivity index (χ1) is 10.1. The van der Waals surface area contributed by atoms with Crippen molar-refractivity contribution in [1.82, 2.24) is 4.90 Å². The number of anilines is 1. The molecule has 0 aromatic heterocycles. The Hall–Kier alpha value is -1.71. The zero-order valence-corrected chi connectivity index (χ0v) is 13.0. The van der Waals surface area contributed by atoms with Crippen LogP contribution in [0.25, 0.3) is 0 Å². The lowest BCUT2D eigenvalue weighted by Crippen LogP contribution is -2.41. The van der Waals surface area contributed by atoms with E-state index in [4.69, 9.17) is 10.5 Å². The van der Waals surface area contributed by atoms with E-state index < -0.39 is 0 Å². The number of benzene rings is 1. The Morgan fingerprint density at radius 1 is 1.33 bits per heavy atom. The number of ether oxygens (including phenoxy) is 1. The number of nitrogens with two attached hydrogens (primary N) is 1. The summed E-state index contributed by atoms with van der Waals surface area (Å²) in [6, 6.07) is 7.54. The first kappa shape index (κ1) is 15.7. The van der Waals surface area contributed by atoms with E-state index in [-0.39, 0.29) is 12.5 Å². The Morgan fingerprint density at radius 2 is 2.05 bits per heavy atom. The molecule has 1 aromatic carbocycles. The van der Waals surface area contributed by atoms with E-state index in [9.17, 15) is 4.79 Å². The SMILES string of the molecule is CCC1CCC(N(C)C(=O)COc2cccc(N)c2)CC1. The van der Waals surface area contributed by atoms with Crippen molar-refractivity contribution < 1.29 is 9.53 Å². The highest BCUT2D eigenvalue weighted by Gasteiger charge is 2.25. The van der Waals surface area contributed by atoms with E-state index in [2.05, 4.69) is 6.92 Å². The minimum atomic E-state index is 0.0392. The van der Waals surface area contributed by atoms with Crippen LogP contribution in [0.15, 0.2) is 24.3 Å². The maximum atomic E-state index is 12.2. The molecule has 0 bridgehead atoms. The number of rotatable bonds is 5. The Balaban J connectivity index is 1.80. The van der Waals surface area contributed by atoms with Gasteiger partial charge in [0.05, 0.1) is 0 Å². The number of carbonyl (C=O) groups is 1. The van der Waals surface area contributed by atoms with Crippen LogP contribution in [-0.2, 0) is 4.79 Å². The van der Waals surface area contributed by atoms with Crippen LogP contribution in [0, 0.1) is 5.92 Å². The maximum Gasteiger partial charge on any atom is 0.260 e. The number of likely N-dealkylation sites (N-methyl/N-ethyl adjacent to an activating group) is 1. The van der Waals surface area contributed by atoms with Gasteiger partial charge in [-0.25, -0.2) is 0 Å². The zero-order chi connectivity index (χ0) is 15.2. The van der Waals surface area contributed by atoms with Gasteiger partial charge in [-0.3, -0.25) is 4.79 Å². The molecule has 0 atom stereocenters. The molecule has 2 rings (SSSR count). The van der Waals surface area contributed by atoms with Crippen LogP contribution in [0.3, 0.4) is 0 Å². The van der Waals surface area contributed by atoms with Crippen LogP contribution >= 0.6 is 0 Å². The lowest BCUT2D eigenvalue weighted by atomic mass is 9.84. The van der Waals surface area contributed by atoms with Gasteiger partial charge in [0.1, 0.15) is 5.75 Å². The first-order valence-corrected chi connectivity index (χ1v) is 7.84. The summed E-state index contributed by atoms with van der Waals surface area (Å²) in [5.74, 6) is 1.53. The first-order valence-electron chi connectivity index (χ1n) is 7.84. The van der Waals surface area contributed by atoms with Crippen LogP contribution in [0.1, 0.15) is 39.0 Å². The molecule has 1 aliphatic carbocycles. The van der Waals surface area contributed by atoms with Gasteiger partial charge in [-0.15, -0.1) is 0 Å². The van der Waals surface area contributed by atoms with Crippen molar-refractivity contribution in [1.29, 1.82) is 0 Å². The van der Waals surface area contributed by atoms with Crippen molar-refractivity contribution in [3.63, 3.8) is 0 Å². The van der Waals surface area contributed by atoms with Gasteiger partial charge in [-0.05, 0) is 43.7 Å². The van der Waals surface area contributed by atoms with Gasteiger partial charge in [0, 0.05) is 24.8 Å². The quantitative estimate of drug-likeness (QED) is 0.848. The molecule has 1 aliphatic rings. The number of amides is 1. The summed E-state index contributed by atoms with van der Waals surface area (Å²) >= 11 is 0. The van der Waals surface area contributed by atoms with Crippen molar-refractivity contribution in [3.05, 3.63) is 24.3 Å².